The lowest BCUT2D eigenvalue weighted by molar-refractivity contribution is -0.117. The molecule has 1 aromatic carbocycles. The fourth-order valence-electron chi connectivity index (χ4n) is 3.23. The van der Waals surface area contributed by atoms with Crippen LogP contribution in [0.25, 0.3) is 0 Å². The Kier molecular flexibility index (Phi) is 4.36. The highest BCUT2D eigenvalue weighted by molar-refractivity contribution is 5.96. The topological polar surface area (TPSA) is 85.2 Å². The van der Waals surface area contributed by atoms with Crippen molar-refractivity contribution in [3.8, 4) is 0 Å². The zero-order chi connectivity index (χ0) is 16.0. The third kappa shape index (κ3) is 2.80. The highest BCUT2D eigenvalue weighted by atomic mass is 35.5. The standard InChI is InChI=1S/C17H20N4O2.ClH/c1-11-3-5-13(6-4-11)21-10-12(9-14(21)22)15-19-16(20-23-15)17(18)7-2-8-17;/h3-6,12H,2,7-10,18H2,1H3;1H. The van der Waals surface area contributed by atoms with E-state index in [0.29, 0.717) is 24.7 Å². The van der Waals surface area contributed by atoms with E-state index in [-0.39, 0.29) is 24.2 Å². The van der Waals surface area contributed by atoms with Gasteiger partial charge in [-0.2, -0.15) is 4.98 Å². The average Bonchev–Trinajstić information content (AvgIpc) is 3.13. The summed E-state index contributed by atoms with van der Waals surface area (Å²) in [5.41, 5.74) is 7.89. The monoisotopic (exact) mass is 348 g/mol. The highest BCUT2D eigenvalue weighted by Crippen LogP contribution is 2.38. The Morgan fingerprint density at radius 1 is 1.29 bits per heavy atom. The summed E-state index contributed by atoms with van der Waals surface area (Å²) in [4.78, 5) is 18.6. The summed E-state index contributed by atoms with van der Waals surface area (Å²) < 4.78 is 5.40. The second kappa shape index (κ2) is 6.18. The van der Waals surface area contributed by atoms with Crippen molar-refractivity contribution >= 4 is 24.0 Å². The number of rotatable bonds is 3. The molecule has 1 saturated carbocycles. The number of anilines is 1. The van der Waals surface area contributed by atoms with Gasteiger partial charge in [0.25, 0.3) is 0 Å². The molecule has 128 valence electrons. The maximum absolute atomic E-state index is 12.3. The molecule has 0 radical (unpaired) electrons. The van der Waals surface area contributed by atoms with Gasteiger partial charge in [-0.15, -0.1) is 12.4 Å². The number of hydrogen-bond acceptors (Lipinski definition) is 5. The Morgan fingerprint density at radius 3 is 2.62 bits per heavy atom. The second-order valence-corrected chi connectivity index (χ2v) is 6.71. The Bertz CT molecular complexity index is 739. The first kappa shape index (κ1) is 16.9. The van der Waals surface area contributed by atoms with Gasteiger partial charge in [-0.3, -0.25) is 4.79 Å². The molecular weight excluding hydrogens is 328 g/mol. The average molecular weight is 349 g/mol. The van der Waals surface area contributed by atoms with Crippen LogP contribution in [0.5, 0.6) is 0 Å². The number of nitrogens with two attached hydrogens (primary N) is 1. The van der Waals surface area contributed by atoms with E-state index in [4.69, 9.17) is 10.3 Å². The Hall–Kier alpha value is -1.92. The first-order valence-electron chi connectivity index (χ1n) is 8.05. The number of aryl methyl sites for hydroxylation is 1. The molecule has 2 heterocycles. The SMILES string of the molecule is Cc1ccc(N2CC(c3nc(C4(N)CCC4)no3)CC2=O)cc1.Cl. The van der Waals surface area contributed by atoms with Crippen LogP contribution < -0.4 is 10.6 Å². The lowest BCUT2D eigenvalue weighted by Gasteiger charge is -2.34. The Morgan fingerprint density at radius 2 is 2.00 bits per heavy atom. The third-order valence-corrected chi connectivity index (χ3v) is 4.95. The largest absolute Gasteiger partial charge is 0.339 e. The van der Waals surface area contributed by atoms with Crippen molar-refractivity contribution in [1.29, 1.82) is 0 Å². The van der Waals surface area contributed by atoms with E-state index in [1.54, 1.807) is 4.90 Å². The summed E-state index contributed by atoms with van der Waals surface area (Å²) in [6.07, 6.45) is 3.28. The summed E-state index contributed by atoms with van der Waals surface area (Å²) in [6, 6.07) is 7.96. The zero-order valence-corrected chi connectivity index (χ0v) is 14.4. The predicted octanol–water partition coefficient (Wildman–Crippen LogP) is 2.66. The molecule has 2 N–H and O–H groups in total. The smallest absolute Gasteiger partial charge is 0.232 e. The summed E-state index contributed by atoms with van der Waals surface area (Å²) in [5, 5.41) is 4.05. The lowest BCUT2D eigenvalue weighted by Crippen LogP contribution is -2.44. The van der Waals surface area contributed by atoms with Gasteiger partial charge in [-0.25, -0.2) is 0 Å². The number of carbonyl (C=O) groups is 1. The van der Waals surface area contributed by atoms with Gasteiger partial charge < -0.3 is 15.2 Å². The molecule has 1 saturated heterocycles. The number of aromatic nitrogens is 2. The second-order valence-electron chi connectivity index (χ2n) is 6.71. The van der Waals surface area contributed by atoms with Gasteiger partial charge in [0, 0.05) is 18.7 Å². The normalized spacial score (nSPS) is 22.2. The number of benzene rings is 1. The van der Waals surface area contributed by atoms with E-state index < -0.39 is 5.54 Å². The molecule has 2 aromatic rings. The molecule has 4 rings (SSSR count). The summed E-state index contributed by atoms with van der Waals surface area (Å²) in [7, 11) is 0. The molecule has 0 spiro atoms. The van der Waals surface area contributed by atoms with E-state index in [9.17, 15) is 4.79 Å². The molecule has 1 atom stereocenters. The fourth-order valence-corrected chi connectivity index (χ4v) is 3.23. The zero-order valence-electron chi connectivity index (χ0n) is 13.6. The number of nitrogens with zero attached hydrogens (tertiary/aromatic N) is 3. The molecule has 1 aliphatic heterocycles. The molecular formula is C17H21ClN4O2. The number of carbonyl (C=O) groups excluding carboxylic acids is 1. The molecule has 1 amide bonds. The van der Waals surface area contributed by atoms with Crippen LogP contribution in [0.4, 0.5) is 5.69 Å². The van der Waals surface area contributed by atoms with Crippen LogP contribution in [-0.4, -0.2) is 22.6 Å². The van der Waals surface area contributed by atoms with Crippen molar-refractivity contribution in [3.63, 3.8) is 0 Å². The van der Waals surface area contributed by atoms with Gasteiger partial charge >= 0.3 is 0 Å². The van der Waals surface area contributed by atoms with Gasteiger partial charge in [0.05, 0.1) is 11.5 Å². The maximum atomic E-state index is 12.3. The molecule has 1 aliphatic carbocycles. The maximum Gasteiger partial charge on any atom is 0.232 e. The lowest BCUT2D eigenvalue weighted by atomic mass is 9.77. The van der Waals surface area contributed by atoms with Crippen LogP contribution in [0, 0.1) is 6.92 Å². The number of hydrogen-bond donors (Lipinski definition) is 1. The van der Waals surface area contributed by atoms with Gasteiger partial charge in [0.1, 0.15) is 0 Å². The minimum Gasteiger partial charge on any atom is -0.339 e. The molecule has 24 heavy (non-hydrogen) atoms. The quantitative estimate of drug-likeness (QED) is 0.921. The Balaban J connectivity index is 0.00000169. The van der Waals surface area contributed by atoms with E-state index >= 15 is 0 Å². The molecule has 1 unspecified atom stereocenters. The molecule has 2 aliphatic rings. The first-order chi connectivity index (χ1) is 11.0. The van der Waals surface area contributed by atoms with Gasteiger partial charge in [-0.1, -0.05) is 22.9 Å². The summed E-state index contributed by atoms with van der Waals surface area (Å²) in [5.74, 6) is 1.14. The van der Waals surface area contributed by atoms with E-state index in [1.807, 2.05) is 31.2 Å². The van der Waals surface area contributed by atoms with Crippen molar-refractivity contribution in [3.05, 3.63) is 41.5 Å². The number of halogens is 1. The van der Waals surface area contributed by atoms with E-state index in [2.05, 4.69) is 10.1 Å². The van der Waals surface area contributed by atoms with Crippen molar-refractivity contribution in [1.82, 2.24) is 10.1 Å². The van der Waals surface area contributed by atoms with Gasteiger partial charge in [0.15, 0.2) is 5.82 Å². The van der Waals surface area contributed by atoms with Crippen molar-refractivity contribution < 1.29 is 9.32 Å². The molecule has 0 bridgehead atoms. The van der Waals surface area contributed by atoms with Crippen molar-refractivity contribution in [2.24, 2.45) is 5.73 Å². The van der Waals surface area contributed by atoms with Crippen LogP contribution in [0.2, 0.25) is 0 Å². The minimum atomic E-state index is -0.430. The van der Waals surface area contributed by atoms with Gasteiger partial charge in [0.2, 0.25) is 11.8 Å². The van der Waals surface area contributed by atoms with Crippen molar-refractivity contribution in [2.45, 2.75) is 44.1 Å². The van der Waals surface area contributed by atoms with Crippen LogP contribution in [0.15, 0.2) is 28.8 Å². The Labute approximate surface area is 146 Å². The van der Waals surface area contributed by atoms with Crippen molar-refractivity contribution in [2.75, 3.05) is 11.4 Å². The number of amides is 1. The van der Waals surface area contributed by atoms with E-state index in [0.717, 1.165) is 24.9 Å². The fraction of sp³-hybridized carbons (Fsp3) is 0.471. The predicted molar refractivity (Wildman–Crippen MR) is 92.2 cm³/mol. The molecule has 7 heteroatoms. The van der Waals surface area contributed by atoms with Crippen LogP contribution in [0.1, 0.15) is 48.9 Å². The van der Waals surface area contributed by atoms with Gasteiger partial charge in [-0.05, 0) is 38.3 Å². The van der Waals surface area contributed by atoms with E-state index in [1.165, 1.54) is 5.56 Å². The minimum absolute atomic E-state index is 0. The molecule has 1 aromatic heterocycles. The first-order valence-corrected chi connectivity index (χ1v) is 8.05. The molecule has 2 fully saturated rings. The third-order valence-electron chi connectivity index (χ3n) is 4.95. The highest BCUT2D eigenvalue weighted by Gasteiger charge is 2.41. The van der Waals surface area contributed by atoms with Crippen LogP contribution >= 0.6 is 12.4 Å². The summed E-state index contributed by atoms with van der Waals surface area (Å²) in [6.45, 7) is 2.60. The molecule has 6 nitrogen and oxygen atoms in total. The van der Waals surface area contributed by atoms with Crippen LogP contribution in [0.3, 0.4) is 0 Å². The summed E-state index contributed by atoms with van der Waals surface area (Å²) >= 11 is 0. The van der Waals surface area contributed by atoms with Crippen LogP contribution in [-0.2, 0) is 10.3 Å².